The van der Waals surface area contributed by atoms with Gasteiger partial charge in [0, 0.05) is 18.7 Å². The molecule has 1 atom stereocenters. The second kappa shape index (κ2) is 9.09. The first-order chi connectivity index (χ1) is 13.8. The predicted molar refractivity (Wildman–Crippen MR) is 116 cm³/mol. The van der Waals surface area contributed by atoms with Crippen LogP contribution in [0.5, 0.6) is 0 Å². The van der Waals surface area contributed by atoms with Gasteiger partial charge in [0.2, 0.25) is 10.0 Å². The van der Waals surface area contributed by atoms with Gasteiger partial charge in [0.15, 0.2) is 0 Å². The number of carbonyl (C=O) groups is 1. The zero-order chi connectivity index (χ0) is 21.0. The van der Waals surface area contributed by atoms with E-state index in [1.165, 1.54) is 11.1 Å². The van der Waals surface area contributed by atoms with Crippen LogP contribution in [0.1, 0.15) is 64.8 Å². The molecule has 0 unspecified atom stereocenters. The first-order valence-corrected chi connectivity index (χ1v) is 11.8. The number of amides is 1. The third-order valence-electron chi connectivity index (χ3n) is 5.65. The lowest BCUT2D eigenvalue weighted by atomic mass is 10.0. The van der Waals surface area contributed by atoms with Crippen LogP contribution in [-0.2, 0) is 15.8 Å². The van der Waals surface area contributed by atoms with Crippen molar-refractivity contribution in [3.05, 3.63) is 70.3 Å². The normalized spacial score (nSPS) is 16.4. The Morgan fingerprint density at radius 3 is 2.28 bits per heavy atom. The lowest BCUT2D eigenvalue weighted by molar-refractivity contribution is 0.0940. The van der Waals surface area contributed by atoms with Crippen molar-refractivity contribution in [3.8, 4) is 0 Å². The van der Waals surface area contributed by atoms with Crippen molar-refractivity contribution in [2.45, 2.75) is 51.8 Å². The maximum atomic E-state index is 12.6. The summed E-state index contributed by atoms with van der Waals surface area (Å²) in [4.78, 5) is 12.6. The molecule has 2 aromatic rings. The zero-order valence-electron chi connectivity index (χ0n) is 17.4. The van der Waals surface area contributed by atoms with Crippen LogP contribution in [0.4, 0.5) is 0 Å². The van der Waals surface area contributed by atoms with Crippen molar-refractivity contribution in [3.63, 3.8) is 0 Å². The molecule has 0 spiro atoms. The van der Waals surface area contributed by atoms with E-state index in [4.69, 9.17) is 0 Å². The van der Waals surface area contributed by atoms with E-state index < -0.39 is 10.0 Å². The molecule has 1 N–H and O–H groups in total. The van der Waals surface area contributed by atoms with E-state index in [0.29, 0.717) is 24.2 Å². The largest absolute Gasteiger partial charge is 0.346 e. The Morgan fingerprint density at radius 1 is 1.00 bits per heavy atom. The van der Waals surface area contributed by atoms with Crippen molar-refractivity contribution in [2.24, 2.45) is 0 Å². The van der Waals surface area contributed by atoms with Gasteiger partial charge in [0.05, 0.1) is 11.8 Å². The molecule has 0 aromatic heterocycles. The third kappa shape index (κ3) is 5.46. The van der Waals surface area contributed by atoms with Gasteiger partial charge < -0.3 is 5.32 Å². The minimum Gasteiger partial charge on any atom is -0.346 e. The number of benzene rings is 2. The molecule has 2 aromatic carbocycles. The van der Waals surface area contributed by atoms with Crippen molar-refractivity contribution >= 4 is 15.9 Å². The van der Waals surface area contributed by atoms with E-state index in [-0.39, 0.29) is 17.7 Å². The van der Waals surface area contributed by atoms with Gasteiger partial charge in [-0.1, -0.05) is 36.8 Å². The van der Waals surface area contributed by atoms with E-state index in [1.807, 2.05) is 13.0 Å². The highest BCUT2D eigenvalue weighted by Crippen LogP contribution is 2.19. The molecule has 0 bridgehead atoms. The predicted octanol–water partition coefficient (Wildman–Crippen LogP) is 4.11. The summed E-state index contributed by atoms with van der Waals surface area (Å²) in [6.45, 7) is 7.30. The molecule has 1 heterocycles. The first-order valence-electron chi connectivity index (χ1n) is 10.2. The SMILES string of the molecule is Cc1ccc([C@@H](C)NC(=O)c2ccc(CS(=O)(=O)N3CCCCC3)cc2)cc1C. The van der Waals surface area contributed by atoms with Crippen LogP contribution in [0.3, 0.4) is 0 Å². The van der Waals surface area contributed by atoms with E-state index in [2.05, 4.69) is 31.3 Å². The van der Waals surface area contributed by atoms with Gasteiger partial charge in [0.25, 0.3) is 5.91 Å². The molecule has 1 amide bonds. The van der Waals surface area contributed by atoms with Crippen molar-refractivity contribution < 1.29 is 13.2 Å². The zero-order valence-corrected chi connectivity index (χ0v) is 18.3. The second-order valence-electron chi connectivity index (χ2n) is 7.95. The van der Waals surface area contributed by atoms with Gasteiger partial charge in [0.1, 0.15) is 0 Å². The van der Waals surface area contributed by atoms with Crippen molar-refractivity contribution in [2.75, 3.05) is 13.1 Å². The summed E-state index contributed by atoms with van der Waals surface area (Å²) in [5.74, 6) is -0.185. The molecule has 0 aliphatic carbocycles. The summed E-state index contributed by atoms with van der Waals surface area (Å²) in [6, 6.07) is 12.9. The Hall–Kier alpha value is -2.18. The quantitative estimate of drug-likeness (QED) is 0.773. The van der Waals surface area contributed by atoms with Crippen LogP contribution in [0, 0.1) is 13.8 Å². The van der Waals surface area contributed by atoms with E-state index in [0.717, 1.165) is 24.8 Å². The Morgan fingerprint density at radius 2 is 1.66 bits per heavy atom. The molecular weight excluding hydrogens is 384 g/mol. The highest BCUT2D eigenvalue weighted by molar-refractivity contribution is 7.88. The van der Waals surface area contributed by atoms with Crippen LogP contribution in [0.2, 0.25) is 0 Å². The van der Waals surface area contributed by atoms with Gasteiger partial charge in [-0.15, -0.1) is 0 Å². The maximum Gasteiger partial charge on any atom is 0.251 e. The number of piperidine rings is 1. The highest BCUT2D eigenvalue weighted by Gasteiger charge is 2.24. The van der Waals surface area contributed by atoms with E-state index in [9.17, 15) is 13.2 Å². The van der Waals surface area contributed by atoms with Gasteiger partial charge in [-0.3, -0.25) is 4.79 Å². The minimum atomic E-state index is -3.30. The average molecular weight is 415 g/mol. The number of nitrogens with zero attached hydrogens (tertiary/aromatic N) is 1. The summed E-state index contributed by atoms with van der Waals surface area (Å²) in [5.41, 5.74) is 4.71. The number of rotatable bonds is 6. The molecule has 3 rings (SSSR count). The van der Waals surface area contributed by atoms with E-state index >= 15 is 0 Å². The number of hydrogen-bond acceptors (Lipinski definition) is 3. The van der Waals surface area contributed by atoms with Crippen LogP contribution in [0.25, 0.3) is 0 Å². The fraction of sp³-hybridized carbons (Fsp3) is 0.435. The Labute approximate surface area is 174 Å². The van der Waals surface area contributed by atoms with Gasteiger partial charge in [-0.2, -0.15) is 0 Å². The Balaban J connectivity index is 1.63. The summed E-state index contributed by atoms with van der Waals surface area (Å²) in [6.07, 6.45) is 2.95. The molecule has 1 saturated heterocycles. The highest BCUT2D eigenvalue weighted by atomic mass is 32.2. The number of hydrogen-bond donors (Lipinski definition) is 1. The first kappa shape index (κ1) is 21.5. The molecule has 0 saturated carbocycles. The fourth-order valence-electron chi connectivity index (χ4n) is 3.59. The smallest absolute Gasteiger partial charge is 0.251 e. The molecule has 5 nitrogen and oxygen atoms in total. The van der Waals surface area contributed by atoms with E-state index in [1.54, 1.807) is 28.6 Å². The summed E-state index contributed by atoms with van der Waals surface area (Å²) >= 11 is 0. The molecule has 156 valence electrons. The molecule has 6 heteroatoms. The molecule has 0 radical (unpaired) electrons. The third-order valence-corrected chi connectivity index (χ3v) is 7.50. The minimum absolute atomic E-state index is 0.0199. The fourth-order valence-corrected chi connectivity index (χ4v) is 5.21. The second-order valence-corrected chi connectivity index (χ2v) is 9.92. The van der Waals surface area contributed by atoms with Crippen LogP contribution < -0.4 is 5.32 Å². The molecule has 1 fully saturated rings. The standard InChI is InChI=1S/C23H30N2O3S/c1-17-7-10-22(15-18(17)2)19(3)24-23(26)21-11-8-20(9-12-21)16-29(27,28)25-13-5-4-6-14-25/h7-12,15,19H,4-6,13-14,16H2,1-3H3,(H,24,26)/t19-/m1/s1. The van der Waals surface area contributed by atoms with Gasteiger partial charge in [-0.25, -0.2) is 12.7 Å². The summed E-state index contributed by atoms with van der Waals surface area (Å²) in [7, 11) is -3.30. The van der Waals surface area contributed by atoms with Crippen molar-refractivity contribution in [1.29, 1.82) is 0 Å². The average Bonchev–Trinajstić information content (AvgIpc) is 2.71. The lowest BCUT2D eigenvalue weighted by Gasteiger charge is -2.25. The number of aryl methyl sites for hydroxylation is 2. The topological polar surface area (TPSA) is 66.5 Å². The molecule has 29 heavy (non-hydrogen) atoms. The van der Waals surface area contributed by atoms with Gasteiger partial charge in [-0.05, 0) is 68.0 Å². The Kier molecular flexibility index (Phi) is 6.75. The summed E-state index contributed by atoms with van der Waals surface area (Å²) in [5, 5.41) is 3.01. The van der Waals surface area contributed by atoms with Gasteiger partial charge >= 0.3 is 0 Å². The van der Waals surface area contributed by atoms with Crippen LogP contribution in [0.15, 0.2) is 42.5 Å². The monoisotopic (exact) mass is 414 g/mol. The molecule has 1 aliphatic heterocycles. The maximum absolute atomic E-state index is 12.6. The van der Waals surface area contributed by atoms with Crippen LogP contribution >= 0.6 is 0 Å². The number of sulfonamides is 1. The lowest BCUT2D eigenvalue weighted by Crippen LogP contribution is -2.36. The Bertz CT molecular complexity index is 962. The number of nitrogens with one attached hydrogen (secondary N) is 1. The summed E-state index contributed by atoms with van der Waals surface area (Å²) < 4.78 is 26.7. The number of carbonyl (C=O) groups excluding carboxylic acids is 1. The molecular formula is C23H30N2O3S. The van der Waals surface area contributed by atoms with Crippen LogP contribution in [-0.4, -0.2) is 31.7 Å². The van der Waals surface area contributed by atoms with Crippen molar-refractivity contribution in [1.82, 2.24) is 9.62 Å². The molecule has 1 aliphatic rings.